The molecule has 1 aliphatic heterocycles. The number of amides is 2. The number of carbonyl (C=O) groups is 2. The van der Waals surface area contributed by atoms with Crippen molar-refractivity contribution >= 4 is 17.5 Å². The summed E-state index contributed by atoms with van der Waals surface area (Å²) >= 11 is 0. The van der Waals surface area contributed by atoms with Crippen LogP contribution in [0, 0.1) is 0 Å². The fraction of sp³-hybridized carbons (Fsp3) is 0.500. The Hall–Kier alpha value is -2.04. The zero-order valence-corrected chi connectivity index (χ0v) is 12.4. The molecule has 2 rings (SSSR count). The third kappa shape index (κ3) is 4.77. The number of unbranched alkanes of at least 4 members (excludes halogenated alkanes) is 1. The number of fused-ring (bicyclic) bond motifs is 1. The number of ether oxygens (including phenoxy) is 1. The van der Waals surface area contributed by atoms with Gasteiger partial charge in [0.25, 0.3) is 0 Å². The Morgan fingerprint density at radius 1 is 1.43 bits per heavy atom. The zero-order chi connectivity index (χ0) is 15.1. The SMILES string of the molecule is CCCCC(=O)NCCc1ccc2c(c1)NC(=O)CCO2. The number of nitrogens with one attached hydrogen (secondary N) is 2. The average molecular weight is 290 g/mol. The lowest BCUT2D eigenvalue weighted by Gasteiger charge is -2.10. The molecular formula is C16H22N2O3. The first kappa shape index (κ1) is 15.4. The molecule has 0 aromatic heterocycles. The van der Waals surface area contributed by atoms with Gasteiger partial charge in [-0.25, -0.2) is 0 Å². The van der Waals surface area contributed by atoms with Crippen molar-refractivity contribution in [1.29, 1.82) is 0 Å². The monoisotopic (exact) mass is 290 g/mol. The molecular weight excluding hydrogens is 268 g/mol. The lowest BCUT2D eigenvalue weighted by molar-refractivity contribution is -0.121. The van der Waals surface area contributed by atoms with Gasteiger partial charge in [0.05, 0.1) is 18.7 Å². The van der Waals surface area contributed by atoms with Gasteiger partial charge in [-0.2, -0.15) is 0 Å². The maximum absolute atomic E-state index is 11.5. The van der Waals surface area contributed by atoms with Crippen LogP contribution in [0.15, 0.2) is 18.2 Å². The van der Waals surface area contributed by atoms with Crippen LogP contribution in [-0.2, 0) is 16.0 Å². The Balaban J connectivity index is 1.87. The summed E-state index contributed by atoms with van der Waals surface area (Å²) in [5, 5.41) is 5.75. The fourth-order valence-electron chi connectivity index (χ4n) is 2.19. The first-order chi connectivity index (χ1) is 10.2. The Labute approximate surface area is 125 Å². The predicted molar refractivity (Wildman–Crippen MR) is 81.4 cm³/mol. The molecule has 1 aromatic rings. The van der Waals surface area contributed by atoms with Crippen LogP contribution < -0.4 is 15.4 Å². The number of benzene rings is 1. The van der Waals surface area contributed by atoms with Gasteiger partial charge in [-0.05, 0) is 30.5 Å². The quantitative estimate of drug-likeness (QED) is 0.844. The molecule has 0 spiro atoms. The van der Waals surface area contributed by atoms with Crippen molar-refractivity contribution in [3.05, 3.63) is 23.8 Å². The smallest absolute Gasteiger partial charge is 0.227 e. The first-order valence-electron chi connectivity index (χ1n) is 7.51. The van der Waals surface area contributed by atoms with Crippen LogP contribution >= 0.6 is 0 Å². The standard InChI is InChI=1S/C16H22N2O3/c1-2-3-4-15(19)17-9-7-12-5-6-14-13(11-12)18-16(20)8-10-21-14/h5-6,11H,2-4,7-10H2,1H3,(H,17,19)(H,18,20). The van der Waals surface area contributed by atoms with E-state index in [9.17, 15) is 9.59 Å². The van der Waals surface area contributed by atoms with Crippen LogP contribution in [0.2, 0.25) is 0 Å². The molecule has 114 valence electrons. The molecule has 0 saturated carbocycles. The van der Waals surface area contributed by atoms with E-state index in [1.807, 2.05) is 18.2 Å². The summed E-state index contributed by atoms with van der Waals surface area (Å²) in [7, 11) is 0. The minimum Gasteiger partial charge on any atom is -0.491 e. The molecule has 0 unspecified atom stereocenters. The second-order valence-corrected chi connectivity index (χ2v) is 5.18. The Kier molecular flexibility index (Phi) is 5.60. The van der Waals surface area contributed by atoms with E-state index in [-0.39, 0.29) is 11.8 Å². The van der Waals surface area contributed by atoms with E-state index < -0.39 is 0 Å². The second-order valence-electron chi connectivity index (χ2n) is 5.18. The van der Waals surface area contributed by atoms with Crippen LogP contribution in [-0.4, -0.2) is 25.0 Å². The van der Waals surface area contributed by atoms with Gasteiger partial charge in [0.2, 0.25) is 11.8 Å². The molecule has 0 atom stereocenters. The highest BCUT2D eigenvalue weighted by molar-refractivity contribution is 5.93. The average Bonchev–Trinajstić information content (AvgIpc) is 2.65. The topological polar surface area (TPSA) is 67.4 Å². The molecule has 2 N–H and O–H groups in total. The maximum atomic E-state index is 11.5. The van der Waals surface area contributed by atoms with Crippen LogP contribution in [0.4, 0.5) is 5.69 Å². The van der Waals surface area contributed by atoms with E-state index in [4.69, 9.17) is 4.74 Å². The molecule has 21 heavy (non-hydrogen) atoms. The van der Waals surface area contributed by atoms with Gasteiger partial charge in [-0.1, -0.05) is 19.4 Å². The number of anilines is 1. The highest BCUT2D eigenvalue weighted by atomic mass is 16.5. The number of carbonyl (C=O) groups excluding carboxylic acids is 2. The fourth-order valence-corrected chi connectivity index (χ4v) is 2.19. The van der Waals surface area contributed by atoms with Gasteiger partial charge in [0, 0.05) is 13.0 Å². The predicted octanol–water partition coefficient (Wildman–Crippen LogP) is 2.26. The van der Waals surface area contributed by atoms with Gasteiger partial charge in [0.1, 0.15) is 5.75 Å². The molecule has 0 bridgehead atoms. The van der Waals surface area contributed by atoms with E-state index >= 15 is 0 Å². The van der Waals surface area contributed by atoms with Crippen molar-refractivity contribution in [3.63, 3.8) is 0 Å². The summed E-state index contributed by atoms with van der Waals surface area (Å²) in [6.45, 7) is 3.08. The summed E-state index contributed by atoms with van der Waals surface area (Å²) in [6, 6.07) is 5.75. The van der Waals surface area contributed by atoms with Crippen molar-refractivity contribution in [2.45, 2.75) is 39.0 Å². The molecule has 0 aliphatic carbocycles. The molecule has 0 fully saturated rings. The van der Waals surface area contributed by atoms with Crippen LogP contribution in [0.1, 0.15) is 38.2 Å². The highest BCUT2D eigenvalue weighted by Crippen LogP contribution is 2.28. The van der Waals surface area contributed by atoms with Crippen LogP contribution in [0.3, 0.4) is 0 Å². The third-order valence-corrected chi connectivity index (χ3v) is 3.40. The van der Waals surface area contributed by atoms with Crippen molar-refractivity contribution in [3.8, 4) is 5.75 Å². The van der Waals surface area contributed by atoms with Crippen molar-refractivity contribution in [2.75, 3.05) is 18.5 Å². The minimum absolute atomic E-state index is 0.0289. The number of hydrogen-bond acceptors (Lipinski definition) is 3. The van der Waals surface area contributed by atoms with Gasteiger partial charge >= 0.3 is 0 Å². The largest absolute Gasteiger partial charge is 0.491 e. The third-order valence-electron chi connectivity index (χ3n) is 3.40. The minimum atomic E-state index is -0.0289. The normalized spacial score (nSPS) is 13.7. The summed E-state index contributed by atoms with van der Waals surface area (Å²) < 4.78 is 5.51. The van der Waals surface area contributed by atoms with E-state index in [1.54, 1.807) is 0 Å². The van der Waals surface area contributed by atoms with Gasteiger partial charge in [0.15, 0.2) is 0 Å². The van der Waals surface area contributed by atoms with Crippen molar-refractivity contribution in [2.24, 2.45) is 0 Å². The number of rotatable bonds is 6. The molecule has 0 radical (unpaired) electrons. The summed E-state index contributed by atoms with van der Waals surface area (Å²) in [5.74, 6) is 0.776. The van der Waals surface area contributed by atoms with Crippen molar-refractivity contribution in [1.82, 2.24) is 5.32 Å². The molecule has 5 nitrogen and oxygen atoms in total. The molecule has 1 aliphatic rings. The molecule has 1 heterocycles. The molecule has 1 aromatic carbocycles. The molecule has 5 heteroatoms. The van der Waals surface area contributed by atoms with E-state index in [1.165, 1.54) is 0 Å². The zero-order valence-electron chi connectivity index (χ0n) is 12.4. The molecule has 0 saturated heterocycles. The summed E-state index contributed by atoms with van der Waals surface area (Å²) in [6.07, 6.45) is 3.65. The lowest BCUT2D eigenvalue weighted by atomic mass is 10.1. The number of hydrogen-bond donors (Lipinski definition) is 2. The van der Waals surface area contributed by atoms with E-state index in [2.05, 4.69) is 17.6 Å². The second kappa shape index (κ2) is 7.67. The summed E-state index contributed by atoms with van der Waals surface area (Å²) in [5.41, 5.74) is 1.78. The Morgan fingerprint density at radius 3 is 3.10 bits per heavy atom. The maximum Gasteiger partial charge on any atom is 0.227 e. The first-order valence-corrected chi connectivity index (χ1v) is 7.51. The van der Waals surface area contributed by atoms with E-state index in [0.29, 0.717) is 37.4 Å². The molecule has 2 amide bonds. The van der Waals surface area contributed by atoms with Crippen molar-refractivity contribution < 1.29 is 14.3 Å². The van der Waals surface area contributed by atoms with Crippen LogP contribution in [0.25, 0.3) is 0 Å². The Morgan fingerprint density at radius 2 is 2.29 bits per heavy atom. The van der Waals surface area contributed by atoms with Gasteiger partial charge in [-0.15, -0.1) is 0 Å². The van der Waals surface area contributed by atoms with E-state index in [0.717, 1.165) is 24.8 Å². The Bertz CT molecular complexity index is 514. The van der Waals surface area contributed by atoms with Gasteiger partial charge in [-0.3, -0.25) is 9.59 Å². The summed E-state index contributed by atoms with van der Waals surface area (Å²) in [4.78, 5) is 23.0. The highest BCUT2D eigenvalue weighted by Gasteiger charge is 2.13. The van der Waals surface area contributed by atoms with Crippen LogP contribution in [0.5, 0.6) is 5.75 Å². The van der Waals surface area contributed by atoms with Gasteiger partial charge < -0.3 is 15.4 Å². The lowest BCUT2D eigenvalue weighted by Crippen LogP contribution is -2.25.